The maximum atomic E-state index is 6.01. The molecule has 0 unspecified atom stereocenters. The summed E-state index contributed by atoms with van der Waals surface area (Å²) in [6.07, 6.45) is 8.54. The molecule has 3 rings (SSSR count). The minimum atomic E-state index is 0. The molecule has 0 aliphatic heterocycles. The number of pyridine rings is 1. The van der Waals surface area contributed by atoms with E-state index >= 15 is 0 Å². The van der Waals surface area contributed by atoms with Gasteiger partial charge in [0.25, 0.3) is 0 Å². The molecule has 2 aromatic heterocycles. The molecule has 1 saturated carbocycles. The zero-order valence-electron chi connectivity index (χ0n) is 18.2. The van der Waals surface area contributed by atoms with Crippen LogP contribution in [0.5, 0.6) is 5.88 Å². The summed E-state index contributed by atoms with van der Waals surface area (Å²) in [7, 11) is 0. The minimum Gasteiger partial charge on any atom is -0.474 e. The predicted octanol–water partition coefficient (Wildman–Crippen LogP) is 4.39. The molecule has 1 aliphatic carbocycles. The fraction of sp³-hybridized carbons (Fsp3) is 0.591. The molecule has 7 nitrogen and oxygen atoms in total. The summed E-state index contributed by atoms with van der Waals surface area (Å²) in [4.78, 5) is 9.08. The molecule has 2 N–H and O–H groups in total. The minimum absolute atomic E-state index is 0. The summed E-state index contributed by atoms with van der Waals surface area (Å²) in [5.41, 5.74) is 3.23. The van der Waals surface area contributed by atoms with Crippen molar-refractivity contribution in [3.63, 3.8) is 0 Å². The average molecular weight is 527 g/mol. The highest BCUT2D eigenvalue weighted by Gasteiger charge is 2.17. The van der Waals surface area contributed by atoms with Crippen LogP contribution in [0.3, 0.4) is 0 Å². The first-order valence-electron chi connectivity index (χ1n) is 10.8. The first-order valence-corrected chi connectivity index (χ1v) is 10.8. The Kier molecular flexibility index (Phi) is 10.4. The molecule has 0 saturated heterocycles. The van der Waals surface area contributed by atoms with E-state index in [1.807, 2.05) is 12.1 Å². The third kappa shape index (κ3) is 6.85. The van der Waals surface area contributed by atoms with Gasteiger partial charge in [0.15, 0.2) is 5.96 Å². The SMILES string of the molecule is CCNC(=NCc1ccnc(OC2CCCC2)c1)NCc1c(CC)noc1CC.I. The predicted molar refractivity (Wildman–Crippen MR) is 129 cm³/mol. The van der Waals surface area contributed by atoms with Gasteiger partial charge >= 0.3 is 0 Å². The largest absolute Gasteiger partial charge is 0.474 e. The van der Waals surface area contributed by atoms with Crippen LogP contribution in [0.2, 0.25) is 0 Å². The number of aromatic nitrogens is 2. The van der Waals surface area contributed by atoms with E-state index < -0.39 is 0 Å². The van der Waals surface area contributed by atoms with E-state index in [1.54, 1.807) is 6.20 Å². The summed E-state index contributed by atoms with van der Waals surface area (Å²) in [5.74, 6) is 2.41. The Hall–Kier alpha value is -1.84. The number of hydrogen-bond acceptors (Lipinski definition) is 5. The summed E-state index contributed by atoms with van der Waals surface area (Å²) in [6.45, 7) is 8.23. The van der Waals surface area contributed by atoms with Gasteiger partial charge in [-0.25, -0.2) is 9.98 Å². The molecule has 0 radical (unpaired) electrons. The lowest BCUT2D eigenvalue weighted by atomic mass is 10.1. The molecule has 1 fully saturated rings. The van der Waals surface area contributed by atoms with E-state index in [2.05, 4.69) is 41.5 Å². The zero-order chi connectivity index (χ0) is 20.5. The van der Waals surface area contributed by atoms with Gasteiger partial charge in [-0.05, 0) is 50.7 Å². The first-order chi connectivity index (χ1) is 14.2. The van der Waals surface area contributed by atoms with Gasteiger partial charge in [-0.3, -0.25) is 0 Å². The first kappa shape index (κ1) is 24.4. The van der Waals surface area contributed by atoms with Gasteiger partial charge in [0.1, 0.15) is 11.9 Å². The van der Waals surface area contributed by atoms with Crippen LogP contribution < -0.4 is 15.4 Å². The number of aliphatic imine (C=N–C) groups is 1. The van der Waals surface area contributed by atoms with Gasteiger partial charge in [-0.15, -0.1) is 24.0 Å². The Morgan fingerprint density at radius 1 is 1.20 bits per heavy atom. The summed E-state index contributed by atoms with van der Waals surface area (Å²) in [6, 6.07) is 3.98. The maximum absolute atomic E-state index is 6.01. The van der Waals surface area contributed by atoms with Crippen LogP contribution in [-0.4, -0.2) is 28.7 Å². The number of rotatable bonds is 9. The van der Waals surface area contributed by atoms with Gasteiger partial charge in [0.2, 0.25) is 5.88 Å². The molecule has 0 aromatic carbocycles. The van der Waals surface area contributed by atoms with E-state index in [0.29, 0.717) is 25.1 Å². The van der Waals surface area contributed by atoms with E-state index in [0.717, 1.165) is 60.8 Å². The number of guanidine groups is 1. The van der Waals surface area contributed by atoms with Crippen molar-refractivity contribution in [3.05, 3.63) is 40.9 Å². The highest BCUT2D eigenvalue weighted by molar-refractivity contribution is 14.0. The van der Waals surface area contributed by atoms with E-state index in [1.165, 1.54) is 12.8 Å². The summed E-state index contributed by atoms with van der Waals surface area (Å²) in [5, 5.41) is 10.9. The highest BCUT2D eigenvalue weighted by atomic mass is 127. The Labute approximate surface area is 196 Å². The molecule has 0 amide bonds. The molecule has 0 spiro atoms. The van der Waals surface area contributed by atoms with E-state index in [4.69, 9.17) is 14.3 Å². The molecule has 8 heteroatoms. The van der Waals surface area contributed by atoms with Crippen molar-refractivity contribution in [2.24, 2.45) is 4.99 Å². The van der Waals surface area contributed by atoms with Crippen molar-refractivity contribution >= 4 is 29.9 Å². The monoisotopic (exact) mass is 527 g/mol. The molecule has 2 aromatic rings. The van der Waals surface area contributed by atoms with Crippen LogP contribution in [0.1, 0.15) is 69.0 Å². The third-order valence-electron chi connectivity index (χ3n) is 5.19. The quantitative estimate of drug-likeness (QED) is 0.286. The smallest absolute Gasteiger partial charge is 0.213 e. The number of aryl methyl sites for hydroxylation is 2. The highest BCUT2D eigenvalue weighted by Crippen LogP contribution is 2.23. The topological polar surface area (TPSA) is 84.6 Å². The second-order valence-electron chi connectivity index (χ2n) is 7.31. The third-order valence-corrected chi connectivity index (χ3v) is 5.19. The number of ether oxygens (including phenoxy) is 1. The zero-order valence-corrected chi connectivity index (χ0v) is 20.6. The van der Waals surface area contributed by atoms with Crippen LogP contribution >= 0.6 is 24.0 Å². The number of nitrogens with zero attached hydrogens (tertiary/aromatic N) is 3. The fourth-order valence-electron chi connectivity index (χ4n) is 3.61. The second kappa shape index (κ2) is 12.8. The second-order valence-corrected chi connectivity index (χ2v) is 7.31. The van der Waals surface area contributed by atoms with Crippen LogP contribution in [-0.2, 0) is 25.9 Å². The molecule has 0 atom stereocenters. The van der Waals surface area contributed by atoms with Gasteiger partial charge in [-0.1, -0.05) is 19.0 Å². The van der Waals surface area contributed by atoms with Gasteiger partial charge in [0, 0.05) is 37.3 Å². The van der Waals surface area contributed by atoms with Crippen molar-refractivity contribution in [2.75, 3.05) is 6.54 Å². The molecular formula is C22H34IN5O2. The van der Waals surface area contributed by atoms with Crippen molar-refractivity contribution < 1.29 is 9.26 Å². The normalized spacial score (nSPS) is 14.4. The van der Waals surface area contributed by atoms with Gasteiger partial charge in [0.05, 0.1) is 12.2 Å². The lowest BCUT2D eigenvalue weighted by Gasteiger charge is -2.13. The number of hydrogen-bond donors (Lipinski definition) is 2. The van der Waals surface area contributed by atoms with E-state index in [-0.39, 0.29) is 24.0 Å². The van der Waals surface area contributed by atoms with Crippen LogP contribution in [0.4, 0.5) is 0 Å². The van der Waals surface area contributed by atoms with Gasteiger partial charge in [-0.2, -0.15) is 0 Å². The number of nitrogens with one attached hydrogen (secondary N) is 2. The van der Waals surface area contributed by atoms with Crippen LogP contribution in [0.15, 0.2) is 27.8 Å². The summed E-state index contributed by atoms with van der Waals surface area (Å²) < 4.78 is 11.5. The Balaban J connectivity index is 0.00000320. The molecule has 2 heterocycles. The Morgan fingerprint density at radius 3 is 2.70 bits per heavy atom. The average Bonchev–Trinajstić information content (AvgIpc) is 3.39. The lowest BCUT2D eigenvalue weighted by Crippen LogP contribution is -2.37. The molecule has 0 bridgehead atoms. The van der Waals surface area contributed by atoms with Crippen molar-refractivity contribution in [3.8, 4) is 5.88 Å². The van der Waals surface area contributed by atoms with Crippen molar-refractivity contribution in [1.29, 1.82) is 0 Å². The van der Waals surface area contributed by atoms with Crippen LogP contribution in [0, 0.1) is 0 Å². The summed E-state index contributed by atoms with van der Waals surface area (Å²) >= 11 is 0. The standard InChI is InChI=1S/C22H33N5O2.HI/c1-4-19-18(20(5-2)29-27-19)15-26-22(23-6-3)25-14-16-11-12-24-21(13-16)28-17-9-7-8-10-17;/h11-13,17H,4-10,14-15H2,1-3H3,(H2,23,25,26);1H. The van der Waals surface area contributed by atoms with E-state index in [9.17, 15) is 0 Å². The molecule has 30 heavy (non-hydrogen) atoms. The molecule has 166 valence electrons. The van der Waals surface area contributed by atoms with Crippen molar-refractivity contribution in [2.45, 2.75) is 78.5 Å². The van der Waals surface area contributed by atoms with Crippen molar-refractivity contribution in [1.82, 2.24) is 20.8 Å². The van der Waals surface area contributed by atoms with Gasteiger partial charge < -0.3 is 19.9 Å². The molecule has 1 aliphatic rings. The lowest BCUT2D eigenvalue weighted by molar-refractivity contribution is 0.201. The Morgan fingerprint density at radius 2 is 2.00 bits per heavy atom. The maximum Gasteiger partial charge on any atom is 0.213 e. The number of halogens is 1. The fourth-order valence-corrected chi connectivity index (χ4v) is 3.61. The molecular weight excluding hydrogens is 493 g/mol. The Bertz CT molecular complexity index is 781. The van der Waals surface area contributed by atoms with Crippen LogP contribution in [0.25, 0.3) is 0 Å².